The van der Waals surface area contributed by atoms with Gasteiger partial charge in [-0.1, -0.05) is 45.7 Å². The second kappa shape index (κ2) is 12.0. The lowest BCUT2D eigenvalue weighted by Crippen LogP contribution is -2.18. The zero-order valence-corrected chi connectivity index (χ0v) is 22.6. The van der Waals surface area contributed by atoms with Crippen molar-refractivity contribution in [2.45, 2.75) is 4.90 Å². The van der Waals surface area contributed by atoms with E-state index in [1.54, 1.807) is 48.5 Å². The molecule has 1 amide bonds. The van der Waals surface area contributed by atoms with E-state index in [1.165, 1.54) is 54.7 Å². The molecule has 0 fully saturated rings. The first-order valence-electron chi connectivity index (χ1n) is 11.0. The number of amides is 1. The third-order valence-corrected chi connectivity index (χ3v) is 7.22. The van der Waals surface area contributed by atoms with E-state index in [0.717, 1.165) is 4.47 Å². The SMILES string of the molecule is O=C(N/N=C/c1cc(Br)ccc1OC(=O)c1ccccc1)c1ccc(NS(=O)(=O)c2ccc(Cl)cc2)cc1. The Labute approximate surface area is 232 Å². The van der Waals surface area contributed by atoms with Crippen LogP contribution < -0.4 is 14.9 Å². The van der Waals surface area contributed by atoms with Gasteiger partial charge in [-0.15, -0.1) is 0 Å². The van der Waals surface area contributed by atoms with Crippen molar-refractivity contribution in [2.75, 3.05) is 4.72 Å². The molecule has 0 aliphatic rings. The number of hydrogen-bond donors (Lipinski definition) is 2. The molecule has 0 radical (unpaired) electrons. The Bertz CT molecular complexity index is 1590. The Morgan fingerprint density at radius 3 is 2.24 bits per heavy atom. The van der Waals surface area contributed by atoms with Crippen molar-refractivity contribution in [3.8, 4) is 5.75 Å². The highest BCUT2D eigenvalue weighted by Gasteiger charge is 2.15. The molecule has 0 saturated carbocycles. The fourth-order valence-electron chi connectivity index (χ4n) is 3.19. The van der Waals surface area contributed by atoms with Crippen molar-refractivity contribution in [2.24, 2.45) is 5.10 Å². The largest absolute Gasteiger partial charge is 0.422 e. The monoisotopic (exact) mass is 611 g/mol. The van der Waals surface area contributed by atoms with E-state index in [-0.39, 0.29) is 21.9 Å². The number of nitrogens with zero attached hydrogens (tertiary/aromatic N) is 1. The smallest absolute Gasteiger partial charge is 0.343 e. The first kappa shape index (κ1) is 27.1. The van der Waals surface area contributed by atoms with Crippen LogP contribution in [0.5, 0.6) is 5.75 Å². The van der Waals surface area contributed by atoms with Crippen molar-refractivity contribution in [3.05, 3.63) is 123 Å². The Morgan fingerprint density at radius 2 is 1.55 bits per heavy atom. The van der Waals surface area contributed by atoms with E-state index in [4.69, 9.17) is 16.3 Å². The summed E-state index contributed by atoms with van der Waals surface area (Å²) in [6.07, 6.45) is 1.35. The Balaban J connectivity index is 1.40. The average molecular weight is 613 g/mol. The number of hydrogen-bond acceptors (Lipinski definition) is 6. The second-order valence-corrected chi connectivity index (χ2v) is 10.8. The number of halogens is 2. The van der Waals surface area contributed by atoms with Gasteiger partial charge in [0.15, 0.2) is 0 Å². The molecule has 11 heteroatoms. The maximum atomic E-state index is 12.5. The quantitative estimate of drug-likeness (QED) is 0.112. The minimum Gasteiger partial charge on any atom is -0.422 e. The van der Waals surface area contributed by atoms with Crippen LogP contribution in [0.2, 0.25) is 5.02 Å². The lowest BCUT2D eigenvalue weighted by atomic mass is 10.2. The average Bonchev–Trinajstić information content (AvgIpc) is 2.91. The molecule has 4 rings (SSSR count). The third-order valence-electron chi connectivity index (χ3n) is 5.08. The third kappa shape index (κ3) is 7.06. The van der Waals surface area contributed by atoms with Crippen LogP contribution in [0, 0.1) is 0 Å². The Kier molecular flexibility index (Phi) is 8.57. The Morgan fingerprint density at radius 1 is 0.868 bits per heavy atom. The van der Waals surface area contributed by atoms with Gasteiger partial charge in [0, 0.05) is 26.3 Å². The number of sulfonamides is 1. The van der Waals surface area contributed by atoms with Crippen LogP contribution in [0.3, 0.4) is 0 Å². The van der Waals surface area contributed by atoms with Crippen LogP contribution in [0.25, 0.3) is 0 Å². The van der Waals surface area contributed by atoms with E-state index in [2.05, 4.69) is 31.2 Å². The van der Waals surface area contributed by atoms with Gasteiger partial charge in [-0.05, 0) is 78.9 Å². The van der Waals surface area contributed by atoms with Gasteiger partial charge in [0.2, 0.25) is 0 Å². The molecule has 0 aromatic heterocycles. The van der Waals surface area contributed by atoms with Crippen LogP contribution in [-0.2, 0) is 10.0 Å². The van der Waals surface area contributed by atoms with Crippen molar-refractivity contribution in [1.29, 1.82) is 0 Å². The first-order chi connectivity index (χ1) is 18.2. The van der Waals surface area contributed by atoms with Gasteiger partial charge >= 0.3 is 5.97 Å². The van der Waals surface area contributed by atoms with Gasteiger partial charge in [-0.2, -0.15) is 5.10 Å². The van der Waals surface area contributed by atoms with Gasteiger partial charge in [-0.3, -0.25) is 9.52 Å². The molecule has 2 N–H and O–H groups in total. The number of nitrogens with one attached hydrogen (secondary N) is 2. The van der Waals surface area contributed by atoms with Crippen molar-refractivity contribution < 1.29 is 22.7 Å². The van der Waals surface area contributed by atoms with Gasteiger partial charge < -0.3 is 4.74 Å². The number of esters is 1. The van der Waals surface area contributed by atoms with Crippen molar-refractivity contribution >= 4 is 61.3 Å². The summed E-state index contributed by atoms with van der Waals surface area (Å²) in [6.45, 7) is 0. The van der Waals surface area contributed by atoms with Gasteiger partial charge in [0.25, 0.3) is 15.9 Å². The first-order valence-corrected chi connectivity index (χ1v) is 13.7. The molecule has 0 bridgehead atoms. The minimum atomic E-state index is -3.81. The highest BCUT2D eigenvalue weighted by atomic mass is 79.9. The predicted octanol–water partition coefficient (Wildman–Crippen LogP) is 5.89. The lowest BCUT2D eigenvalue weighted by Gasteiger charge is -2.09. The van der Waals surface area contributed by atoms with Crippen LogP contribution in [0.1, 0.15) is 26.3 Å². The molecule has 0 aliphatic heterocycles. The molecule has 0 saturated heterocycles. The van der Waals surface area contributed by atoms with Crippen LogP contribution in [0.4, 0.5) is 5.69 Å². The number of anilines is 1. The summed E-state index contributed by atoms with van der Waals surface area (Å²) < 4.78 is 33.7. The van der Waals surface area contributed by atoms with Gasteiger partial charge in [0.05, 0.1) is 16.7 Å². The molecule has 4 aromatic carbocycles. The maximum Gasteiger partial charge on any atom is 0.343 e. The molecule has 38 heavy (non-hydrogen) atoms. The molecule has 8 nitrogen and oxygen atoms in total. The lowest BCUT2D eigenvalue weighted by molar-refractivity contribution is 0.0734. The highest BCUT2D eigenvalue weighted by Crippen LogP contribution is 2.23. The van der Waals surface area contributed by atoms with E-state index >= 15 is 0 Å². The summed E-state index contributed by atoms with van der Waals surface area (Å²) in [6, 6.07) is 25.1. The zero-order valence-electron chi connectivity index (χ0n) is 19.5. The second-order valence-electron chi connectivity index (χ2n) is 7.77. The summed E-state index contributed by atoms with van der Waals surface area (Å²) >= 11 is 9.18. The highest BCUT2D eigenvalue weighted by molar-refractivity contribution is 9.10. The standard InChI is InChI=1S/C27H19BrClN3O5S/c28-21-8-15-25(37-27(34)19-4-2-1-3-5-19)20(16-21)17-30-31-26(33)18-6-11-23(12-7-18)32-38(35,36)24-13-9-22(29)10-14-24/h1-17,32H,(H,31,33)/b30-17+. The van der Waals surface area contributed by atoms with Crippen molar-refractivity contribution in [3.63, 3.8) is 0 Å². The molecule has 192 valence electrons. The summed E-state index contributed by atoms with van der Waals surface area (Å²) in [5.74, 6) is -0.790. The number of rotatable bonds is 8. The molecule has 0 unspecified atom stereocenters. The van der Waals surface area contributed by atoms with Gasteiger partial charge in [-0.25, -0.2) is 18.6 Å². The topological polar surface area (TPSA) is 114 Å². The Hall–Kier alpha value is -3.99. The molecule has 4 aromatic rings. The van der Waals surface area contributed by atoms with Crippen LogP contribution >= 0.6 is 27.5 Å². The minimum absolute atomic E-state index is 0.0550. The fourth-order valence-corrected chi connectivity index (χ4v) is 4.75. The molecular formula is C27H19BrClN3O5S. The summed E-state index contributed by atoms with van der Waals surface area (Å²) in [4.78, 5) is 25.0. The summed E-state index contributed by atoms with van der Waals surface area (Å²) in [5, 5.41) is 4.39. The number of carbonyl (C=O) groups excluding carboxylic acids is 2. The van der Waals surface area contributed by atoms with Crippen LogP contribution in [-0.4, -0.2) is 26.5 Å². The molecular weight excluding hydrogens is 594 g/mol. The molecule has 0 spiro atoms. The maximum absolute atomic E-state index is 12.5. The normalized spacial score (nSPS) is 11.2. The van der Waals surface area contributed by atoms with Crippen LogP contribution in [0.15, 0.2) is 112 Å². The number of hydrazone groups is 1. The molecule has 0 heterocycles. The zero-order chi connectivity index (χ0) is 27.1. The van der Waals surface area contributed by atoms with E-state index < -0.39 is 21.9 Å². The van der Waals surface area contributed by atoms with Gasteiger partial charge in [0.1, 0.15) is 5.75 Å². The van der Waals surface area contributed by atoms with E-state index in [1.807, 2.05) is 0 Å². The van der Waals surface area contributed by atoms with E-state index in [9.17, 15) is 18.0 Å². The predicted molar refractivity (Wildman–Crippen MR) is 149 cm³/mol. The number of benzene rings is 4. The molecule has 0 aliphatic carbocycles. The fraction of sp³-hybridized carbons (Fsp3) is 0. The van der Waals surface area contributed by atoms with E-state index in [0.29, 0.717) is 16.1 Å². The van der Waals surface area contributed by atoms with Crippen molar-refractivity contribution in [1.82, 2.24) is 5.43 Å². The number of carbonyl (C=O) groups is 2. The molecule has 0 atom stereocenters. The number of ether oxygens (including phenoxy) is 1. The summed E-state index contributed by atoms with van der Waals surface area (Å²) in [7, 11) is -3.81. The summed E-state index contributed by atoms with van der Waals surface area (Å²) in [5.41, 5.74) is 3.78.